The Morgan fingerprint density at radius 1 is 1.05 bits per heavy atom. The minimum atomic E-state index is -5.20. The number of halogens is 6. The third-order valence-corrected chi connectivity index (χ3v) is 2.15. The van der Waals surface area contributed by atoms with Gasteiger partial charge in [-0.3, -0.25) is 4.79 Å². The van der Waals surface area contributed by atoms with Crippen LogP contribution in [0.3, 0.4) is 0 Å². The Balaban J connectivity index is 3.74. The minimum absolute atomic E-state index is 0.188. The van der Waals surface area contributed by atoms with Gasteiger partial charge in [0, 0.05) is 0 Å². The standard InChI is InChI=1S/C10H4F6N2O/c11-9(12,13)6-2-7(10(14,15)16)5(8(18)19)1-4(6)3-17/h1-2H,(H2,18,19). The molecule has 9 heteroatoms. The lowest BCUT2D eigenvalue weighted by atomic mass is 9.97. The molecule has 0 spiro atoms. The maximum Gasteiger partial charge on any atom is 0.417 e. The van der Waals surface area contributed by atoms with Crippen LogP contribution in [0.2, 0.25) is 0 Å². The number of benzene rings is 1. The van der Waals surface area contributed by atoms with Crippen molar-refractivity contribution < 1.29 is 31.1 Å². The number of nitrogens with two attached hydrogens (primary N) is 1. The summed E-state index contributed by atoms with van der Waals surface area (Å²) >= 11 is 0. The van der Waals surface area contributed by atoms with Crippen molar-refractivity contribution in [1.29, 1.82) is 5.26 Å². The smallest absolute Gasteiger partial charge is 0.366 e. The Morgan fingerprint density at radius 2 is 1.53 bits per heavy atom. The van der Waals surface area contributed by atoms with E-state index in [1.807, 2.05) is 0 Å². The number of nitriles is 1. The first-order valence-corrected chi connectivity index (χ1v) is 4.51. The zero-order valence-corrected chi connectivity index (χ0v) is 8.86. The SMILES string of the molecule is N#Cc1cc(C(N)=O)c(C(F)(F)F)cc1C(F)(F)F. The van der Waals surface area contributed by atoms with E-state index in [9.17, 15) is 31.1 Å². The van der Waals surface area contributed by atoms with Crippen molar-refractivity contribution >= 4 is 5.91 Å². The zero-order chi connectivity index (χ0) is 15.0. The molecule has 102 valence electrons. The van der Waals surface area contributed by atoms with E-state index in [0.717, 1.165) is 6.07 Å². The summed E-state index contributed by atoms with van der Waals surface area (Å²) in [6, 6.07) is 0.976. The highest BCUT2D eigenvalue weighted by Gasteiger charge is 2.41. The number of primary amides is 1. The Hall–Kier alpha value is -2.24. The molecule has 2 N–H and O–H groups in total. The summed E-state index contributed by atoms with van der Waals surface area (Å²) < 4.78 is 75.2. The first-order valence-electron chi connectivity index (χ1n) is 4.51. The van der Waals surface area contributed by atoms with E-state index in [0.29, 0.717) is 0 Å². The van der Waals surface area contributed by atoms with E-state index >= 15 is 0 Å². The number of rotatable bonds is 1. The van der Waals surface area contributed by atoms with Crippen LogP contribution < -0.4 is 5.73 Å². The van der Waals surface area contributed by atoms with E-state index in [4.69, 9.17) is 5.26 Å². The Labute approximate surface area is 102 Å². The van der Waals surface area contributed by atoms with Gasteiger partial charge in [0.15, 0.2) is 0 Å². The van der Waals surface area contributed by atoms with Crippen molar-refractivity contribution in [3.05, 3.63) is 34.4 Å². The van der Waals surface area contributed by atoms with Gasteiger partial charge in [-0.15, -0.1) is 0 Å². The number of hydrogen-bond donors (Lipinski definition) is 1. The molecule has 0 unspecified atom stereocenters. The van der Waals surface area contributed by atoms with Crippen molar-refractivity contribution in [2.75, 3.05) is 0 Å². The fraction of sp³-hybridized carbons (Fsp3) is 0.200. The van der Waals surface area contributed by atoms with E-state index in [2.05, 4.69) is 5.73 Å². The van der Waals surface area contributed by atoms with E-state index in [1.54, 1.807) is 0 Å². The van der Waals surface area contributed by atoms with Crippen molar-refractivity contribution in [3.63, 3.8) is 0 Å². The molecule has 1 rings (SSSR count). The molecule has 0 aliphatic heterocycles. The molecule has 1 amide bonds. The molecular formula is C10H4F6N2O. The van der Waals surface area contributed by atoms with Gasteiger partial charge in [-0.25, -0.2) is 0 Å². The quantitative estimate of drug-likeness (QED) is 0.805. The van der Waals surface area contributed by atoms with Crippen LogP contribution in [0.5, 0.6) is 0 Å². The van der Waals surface area contributed by atoms with Gasteiger partial charge in [-0.1, -0.05) is 0 Å². The lowest BCUT2D eigenvalue weighted by Gasteiger charge is -2.15. The first kappa shape index (κ1) is 14.8. The van der Waals surface area contributed by atoms with Crippen LogP contribution in [0.15, 0.2) is 12.1 Å². The van der Waals surface area contributed by atoms with Gasteiger partial charge in [-0.05, 0) is 12.1 Å². The third-order valence-electron chi connectivity index (χ3n) is 2.15. The molecule has 0 saturated heterocycles. The third kappa shape index (κ3) is 2.96. The fourth-order valence-corrected chi connectivity index (χ4v) is 1.37. The second-order valence-electron chi connectivity index (χ2n) is 3.41. The first-order chi connectivity index (χ1) is 8.48. The summed E-state index contributed by atoms with van der Waals surface area (Å²) in [6.07, 6.45) is -10.3. The lowest BCUT2D eigenvalue weighted by molar-refractivity contribution is -0.143. The molecule has 0 bridgehead atoms. The summed E-state index contributed by atoms with van der Waals surface area (Å²) in [6.45, 7) is 0. The molecule has 0 saturated carbocycles. The Morgan fingerprint density at radius 3 is 1.84 bits per heavy atom. The minimum Gasteiger partial charge on any atom is -0.366 e. The van der Waals surface area contributed by atoms with Crippen molar-refractivity contribution in [2.45, 2.75) is 12.4 Å². The highest BCUT2D eigenvalue weighted by molar-refractivity contribution is 5.95. The number of nitrogens with zero attached hydrogens (tertiary/aromatic N) is 1. The maximum absolute atomic E-state index is 12.6. The molecular weight excluding hydrogens is 278 g/mol. The highest BCUT2D eigenvalue weighted by Crippen LogP contribution is 2.39. The van der Waals surface area contributed by atoms with Gasteiger partial charge in [0.05, 0.1) is 28.3 Å². The lowest BCUT2D eigenvalue weighted by Crippen LogP contribution is -2.21. The second kappa shape index (κ2) is 4.46. The molecule has 3 nitrogen and oxygen atoms in total. The Bertz CT molecular complexity index is 567. The Kier molecular flexibility index (Phi) is 3.48. The summed E-state index contributed by atoms with van der Waals surface area (Å²) in [5.74, 6) is -1.57. The average molecular weight is 282 g/mol. The summed E-state index contributed by atoms with van der Waals surface area (Å²) in [5.41, 5.74) is -1.22. The van der Waals surface area contributed by atoms with E-state index in [1.165, 1.54) is 0 Å². The molecule has 1 aromatic carbocycles. The maximum atomic E-state index is 12.6. The van der Waals surface area contributed by atoms with Crippen LogP contribution in [0.25, 0.3) is 0 Å². The zero-order valence-electron chi connectivity index (χ0n) is 8.86. The van der Waals surface area contributed by atoms with E-state index < -0.39 is 40.5 Å². The van der Waals surface area contributed by atoms with E-state index in [-0.39, 0.29) is 12.1 Å². The number of carbonyl (C=O) groups is 1. The molecule has 0 fully saturated rings. The number of amides is 1. The molecule has 0 heterocycles. The predicted octanol–water partition coefficient (Wildman–Crippen LogP) is 2.69. The van der Waals surface area contributed by atoms with Gasteiger partial charge in [0.2, 0.25) is 5.91 Å². The summed E-state index contributed by atoms with van der Waals surface area (Å²) in [7, 11) is 0. The van der Waals surface area contributed by atoms with Gasteiger partial charge >= 0.3 is 12.4 Å². The van der Waals surface area contributed by atoms with Crippen LogP contribution in [0.1, 0.15) is 27.0 Å². The molecule has 0 aromatic heterocycles. The molecule has 0 atom stereocenters. The van der Waals surface area contributed by atoms with Crippen molar-refractivity contribution in [1.82, 2.24) is 0 Å². The molecule has 1 aromatic rings. The predicted molar refractivity (Wildman–Crippen MR) is 49.7 cm³/mol. The monoisotopic (exact) mass is 282 g/mol. The largest absolute Gasteiger partial charge is 0.417 e. The van der Waals surface area contributed by atoms with Gasteiger partial charge < -0.3 is 5.73 Å². The average Bonchev–Trinajstić information content (AvgIpc) is 2.24. The fourth-order valence-electron chi connectivity index (χ4n) is 1.37. The van der Waals surface area contributed by atoms with Crippen LogP contribution in [0, 0.1) is 11.3 Å². The number of hydrogen-bond acceptors (Lipinski definition) is 2. The van der Waals surface area contributed by atoms with Crippen LogP contribution in [-0.2, 0) is 12.4 Å². The summed E-state index contributed by atoms with van der Waals surface area (Å²) in [5, 5.41) is 8.50. The number of alkyl halides is 6. The molecule has 19 heavy (non-hydrogen) atoms. The van der Waals surface area contributed by atoms with Crippen molar-refractivity contribution in [3.8, 4) is 6.07 Å². The normalized spacial score (nSPS) is 12.1. The van der Waals surface area contributed by atoms with Gasteiger partial charge in [0.1, 0.15) is 0 Å². The van der Waals surface area contributed by atoms with Crippen molar-refractivity contribution in [2.24, 2.45) is 5.73 Å². The molecule has 0 radical (unpaired) electrons. The molecule has 0 aliphatic rings. The number of carbonyl (C=O) groups excluding carboxylic acids is 1. The van der Waals surface area contributed by atoms with Gasteiger partial charge in [-0.2, -0.15) is 31.6 Å². The second-order valence-corrected chi connectivity index (χ2v) is 3.41. The van der Waals surface area contributed by atoms with Crippen LogP contribution >= 0.6 is 0 Å². The highest BCUT2D eigenvalue weighted by atomic mass is 19.4. The molecule has 0 aliphatic carbocycles. The summed E-state index contributed by atoms with van der Waals surface area (Å²) in [4.78, 5) is 10.8. The topological polar surface area (TPSA) is 66.9 Å². The van der Waals surface area contributed by atoms with Crippen LogP contribution in [-0.4, -0.2) is 5.91 Å². The van der Waals surface area contributed by atoms with Gasteiger partial charge in [0.25, 0.3) is 0 Å². The van der Waals surface area contributed by atoms with Crippen LogP contribution in [0.4, 0.5) is 26.3 Å².